The van der Waals surface area contributed by atoms with Crippen molar-refractivity contribution in [2.24, 2.45) is 0 Å². The maximum Gasteiger partial charge on any atom is 0.125 e. The maximum absolute atomic E-state index is 6.21. The molecule has 0 saturated carbocycles. The van der Waals surface area contributed by atoms with Gasteiger partial charge >= 0.3 is 0 Å². The molecule has 106 valence electrons. The first-order chi connectivity index (χ1) is 9.78. The molecular formula is C14H16ClN3OS. The van der Waals surface area contributed by atoms with Crippen LogP contribution in [0.1, 0.15) is 29.8 Å². The number of halogens is 1. The van der Waals surface area contributed by atoms with E-state index in [1.165, 1.54) is 17.1 Å². The second-order valence-corrected chi connectivity index (χ2v) is 5.84. The van der Waals surface area contributed by atoms with Gasteiger partial charge in [0.05, 0.1) is 18.3 Å². The Morgan fingerprint density at radius 3 is 3.15 bits per heavy atom. The van der Waals surface area contributed by atoms with Gasteiger partial charge in [0, 0.05) is 16.8 Å². The number of fused-ring (bicyclic) bond motifs is 1. The fourth-order valence-corrected chi connectivity index (χ4v) is 3.34. The van der Waals surface area contributed by atoms with Crippen molar-refractivity contribution in [2.45, 2.75) is 25.8 Å². The van der Waals surface area contributed by atoms with Crippen LogP contribution in [0, 0.1) is 0 Å². The van der Waals surface area contributed by atoms with Crippen molar-refractivity contribution < 1.29 is 4.74 Å². The number of likely N-dealkylation sites (N-methyl/N-ethyl adjacent to an activating group) is 1. The van der Waals surface area contributed by atoms with E-state index >= 15 is 0 Å². The predicted octanol–water partition coefficient (Wildman–Crippen LogP) is 3.02. The molecule has 0 spiro atoms. The van der Waals surface area contributed by atoms with Gasteiger partial charge in [-0.2, -0.15) is 0 Å². The zero-order valence-electron chi connectivity index (χ0n) is 11.2. The fourth-order valence-electron chi connectivity index (χ4n) is 2.57. The van der Waals surface area contributed by atoms with Crippen molar-refractivity contribution in [3.05, 3.63) is 39.4 Å². The number of hydrogen-bond donors (Lipinski definition) is 1. The summed E-state index contributed by atoms with van der Waals surface area (Å²) in [4.78, 5) is 0. The Bertz CT molecular complexity index is 588. The zero-order chi connectivity index (χ0) is 13.9. The molecule has 1 aliphatic heterocycles. The predicted molar refractivity (Wildman–Crippen MR) is 80.7 cm³/mol. The molecule has 0 radical (unpaired) electrons. The van der Waals surface area contributed by atoms with Crippen LogP contribution in [0.3, 0.4) is 0 Å². The summed E-state index contributed by atoms with van der Waals surface area (Å²) in [7, 11) is 0. The molecule has 2 aromatic rings. The lowest BCUT2D eigenvalue weighted by Crippen LogP contribution is -2.23. The number of ether oxygens (including phenoxy) is 1. The van der Waals surface area contributed by atoms with Gasteiger partial charge in [-0.1, -0.05) is 23.0 Å². The van der Waals surface area contributed by atoms with Crippen LogP contribution in [-0.2, 0) is 12.8 Å². The number of hydrogen-bond acceptors (Lipinski definition) is 5. The molecule has 1 unspecified atom stereocenters. The molecule has 0 fully saturated rings. The summed E-state index contributed by atoms with van der Waals surface area (Å²) < 4.78 is 9.71. The van der Waals surface area contributed by atoms with Crippen LogP contribution >= 0.6 is 23.1 Å². The van der Waals surface area contributed by atoms with Crippen LogP contribution in [0.5, 0.6) is 5.75 Å². The molecule has 3 rings (SSSR count). The van der Waals surface area contributed by atoms with Crippen molar-refractivity contribution in [3.8, 4) is 5.75 Å². The molecule has 0 bridgehead atoms. The van der Waals surface area contributed by atoms with Crippen LogP contribution in [0.15, 0.2) is 17.5 Å². The first-order valence-electron chi connectivity index (χ1n) is 6.72. The van der Waals surface area contributed by atoms with Gasteiger partial charge in [0.15, 0.2) is 0 Å². The molecule has 1 N–H and O–H groups in total. The van der Waals surface area contributed by atoms with Crippen LogP contribution < -0.4 is 10.1 Å². The molecular weight excluding hydrogens is 294 g/mol. The Labute approximate surface area is 127 Å². The topological polar surface area (TPSA) is 47.0 Å². The van der Waals surface area contributed by atoms with Crippen LogP contribution in [-0.4, -0.2) is 22.7 Å². The van der Waals surface area contributed by atoms with Crippen molar-refractivity contribution in [1.82, 2.24) is 14.9 Å². The number of rotatable bonds is 5. The van der Waals surface area contributed by atoms with Gasteiger partial charge in [0.1, 0.15) is 5.75 Å². The van der Waals surface area contributed by atoms with E-state index in [2.05, 4.69) is 21.8 Å². The fraction of sp³-hybridized carbons (Fsp3) is 0.429. The normalized spacial score (nSPS) is 14.9. The second-order valence-electron chi connectivity index (χ2n) is 4.80. The minimum absolute atomic E-state index is 0.144. The van der Waals surface area contributed by atoms with Gasteiger partial charge in [0.2, 0.25) is 0 Å². The third kappa shape index (κ3) is 2.80. The van der Waals surface area contributed by atoms with Gasteiger partial charge in [-0.3, -0.25) is 0 Å². The second kappa shape index (κ2) is 6.08. The SMILES string of the molecule is CCNC(Cc1cc(Cl)cc2c1OCC2)c1csnn1. The van der Waals surface area contributed by atoms with E-state index in [4.69, 9.17) is 16.3 Å². The highest BCUT2D eigenvalue weighted by Gasteiger charge is 2.21. The van der Waals surface area contributed by atoms with E-state index in [1.54, 1.807) is 0 Å². The van der Waals surface area contributed by atoms with E-state index in [9.17, 15) is 0 Å². The average molecular weight is 310 g/mol. The van der Waals surface area contributed by atoms with Crippen molar-refractivity contribution in [3.63, 3.8) is 0 Å². The Morgan fingerprint density at radius 2 is 2.40 bits per heavy atom. The molecule has 0 saturated heterocycles. The lowest BCUT2D eigenvalue weighted by atomic mass is 10.00. The monoisotopic (exact) mass is 309 g/mol. The Hall–Kier alpha value is -1.17. The average Bonchev–Trinajstić information content (AvgIpc) is 3.08. The van der Waals surface area contributed by atoms with Crippen LogP contribution in [0.4, 0.5) is 0 Å². The number of nitrogens with zero attached hydrogens (tertiary/aromatic N) is 2. The summed E-state index contributed by atoms with van der Waals surface area (Å²) in [6.45, 7) is 3.71. The standard InChI is InChI=1S/C14H16ClN3OS/c1-2-16-12(13-8-20-18-17-13)7-10-6-11(15)5-9-3-4-19-14(9)10/h5-6,8,12,16H,2-4,7H2,1H3. The van der Waals surface area contributed by atoms with Crippen LogP contribution in [0.25, 0.3) is 0 Å². The van der Waals surface area contributed by atoms with E-state index in [-0.39, 0.29) is 6.04 Å². The highest BCUT2D eigenvalue weighted by Crippen LogP contribution is 2.35. The van der Waals surface area contributed by atoms with Gasteiger partial charge in [0.25, 0.3) is 0 Å². The Balaban J connectivity index is 1.89. The third-order valence-corrected chi connectivity index (χ3v) is 4.17. The number of benzene rings is 1. The highest BCUT2D eigenvalue weighted by molar-refractivity contribution is 7.03. The molecule has 2 heterocycles. The van der Waals surface area contributed by atoms with Crippen molar-refractivity contribution >= 4 is 23.1 Å². The first-order valence-corrected chi connectivity index (χ1v) is 7.93. The summed E-state index contributed by atoms with van der Waals surface area (Å²) in [5.74, 6) is 1.00. The third-order valence-electron chi connectivity index (χ3n) is 3.43. The van der Waals surface area contributed by atoms with Gasteiger partial charge in [-0.05, 0) is 47.8 Å². The van der Waals surface area contributed by atoms with E-state index in [0.29, 0.717) is 0 Å². The molecule has 0 aliphatic carbocycles. The Morgan fingerprint density at radius 1 is 1.50 bits per heavy atom. The van der Waals surface area contributed by atoms with Gasteiger partial charge in [-0.25, -0.2) is 0 Å². The maximum atomic E-state index is 6.21. The van der Waals surface area contributed by atoms with E-state index < -0.39 is 0 Å². The van der Waals surface area contributed by atoms with E-state index in [0.717, 1.165) is 48.0 Å². The first kappa shape index (κ1) is 13.8. The quantitative estimate of drug-likeness (QED) is 0.922. The minimum Gasteiger partial charge on any atom is -0.493 e. The molecule has 4 nitrogen and oxygen atoms in total. The molecule has 1 aliphatic rings. The van der Waals surface area contributed by atoms with E-state index in [1.807, 2.05) is 17.5 Å². The van der Waals surface area contributed by atoms with Crippen molar-refractivity contribution in [2.75, 3.05) is 13.2 Å². The summed E-state index contributed by atoms with van der Waals surface area (Å²) in [5.41, 5.74) is 3.33. The summed E-state index contributed by atoms with van der Waals surface area (Å²) >= 11 is 7.59. The number of aromatic nitrogens is 2. The van der Waals surface area contributed by atoms with Crippen LogP contribution in [0.2, 0.25) is 5.02 Å². The molecule has 1 aromatic heterocycles. The summed E-state index contributed by atoms with van der Waals surface area (Å²) in [6, 6.07) is 4.14. The van der Waals surface area contributed by atoms with Gasteiger partial charge in [-0.15, -0.1) is 5.10 Å². The molecule has 0 amide bonds. The molecule has 20 heavy (non-hydrogen) atoms. The van der Waals surface area contributed by atoms with Gasteiger partial charge < -0.3 is 10.1 Å². The highest BCUT2D eigenvalue weighted by atomic mass is 35.5. The zero-order valence-corrected chi connectivity index (χ0v) is 12.8. The largest absolute Gasteiger partial charge is 0.493 e. The molecule has 1 atom stereocenters. The summed E-state index contributed by atoms with van der Waals surface area (Å²) in [5, 5.41) is 10.4. The minimum atomic E-state index is 0.144. The Kier molecular flexibility index (Phi) is 4.19. The lowest BCUT2D eigenvalue weighted by molar-refractivity contribution is 0.351. The van der Waals surface area contributed by atoms with Crippen molar-refractivity contribution in [1.29, 1.82) is 0 Å². The molecule has 6 heteroatoms. The smallest absolute Gasteiger partial charge is 0.125 e. The number of nitrogens with one attached hydrogen (secondary N) is 1. The summed E-state index contributed by atoms with van der Waals surface area (Å²) in [6.07, 6.45) is 1.75. The molecule has 1 aromatic carbocycles. The lowest BCUT2D eigenvalue weighted by Gasteiger charge is -2.17.